The first-order valence-corrected chi connectivity index (χ1v) is 16.6. The number of nitrogens with zero attached hydrogens (tertiary/aromatic N) is 2. The number of rotatable bonds is 14. The Morgan fingerprint density at radius 3 is 2.19 bits per heavy atom. The van der Waals surface area contributed by atoms with Crippen molar-refractivity contribution in [2.75, 3.05) is 23.7 Å². The summed E-state index contributed by atoms with van der Waals surface area (Å²) in [6.45, 7) is 8.34. The van der Waals surface area contributed by atoms with Gasteiger partial charge in [0.25, 0.3) is 0 Å². The molecule has 0 aliphatic heterocycles. The topological polar surface area (TPSA) is 96.0 Å². The minimum atomic E-state index is -3.62. The predicted octanol–water partition coefficient (Wildman–Crippen LogP) is 5.84. The number of hydrogen-bond donors (Lipinski definition) is 1. The number of amides is 2. The zero-order valence-electron chi connectivity index (χ0n) is 25.5. The van der Waals surface area contributed by atoms with Crippen molar-refractivity contribution in [1.82, 2.24) is 10.2 Å². The summed E-state index contributed by atoms with van der Waals surface area (Å²) in [4.78, 5) is 29.2. The first-order chi connectivity index (χ1) is 20.3. The van der Waals surface area contributed by atoms with Gasteiger partial charge in [-0.1, -0.05) is 54.1 Å². The summed E-state index contributed by atoms with van der Waals surface area (Å²) in [5, 5.41) is 3.57. The molecule has 0 heterocycles. The predicted molar refractivity (Wildman–Crippen MR) is 173 cm³/mol. The molecule has 3 aromatic carbocycles. The molecule has 0 bridgehead atoms. The lowest BCUT2D eigenvalue weighted by molar-refractivity contribution is -0.142. The van der Waals surface area contributed by atoms with Crippen LogP contribution in [0.5, 0.6) is 5.75 Å². The minimum Gasteiger partial charge on any atom is -0.494 e. The summed E-state index contributed by atoms with van der Waals surface area (Å²) in [5.74, 6) is 0.119. The van der Waals surface area contributed by atoms with Gasteiger partial charge in [0, 0.05) is 36.5 Å². The Morgan fingerprint density at radius 1 is 0.953 bits per heavy atom. The van der Waals surface area contributed by atoms with Crippen LogP contribution in [0.2, 0.25) is 5.02 Å². The summed E-state index contributed by atoms with van der Waals surface area (Å²) in [6, 6.07) is 22.8. The van der Waals surface area contributed by atoms with Crippen LogP contribution in [0, 0.1) is 0 Å². The van der Waals surface area contributed by atoms with E-state index in [1.54, 1.807) is 41.3 Å². The van der Waals surface area contributed by atoms with Gasteiger partial charge in [-0.05, 0) is 81.6 Å². The van der Waals surface area contributed by atoms with Crippen molar-refractivity contribution in [2.45, 2.75) is 65.1 Å². The number of carbonyl (C=O) groups excluding carboxylic acids is 2. The third kappa shape index (κ3) is 10.9. The smallest absolute Gasteiger partial charge is 0.243 e. The molecular formula is C33H42ClN3O5S. The number of carbonyl (C=O) groups is 2. The summed E-state index contributed by atoms with van der Waals surface area (Å²) < 4.78 is 32.1. The molecule has 3 aromatic rings. The highest BCUT2D eigenvalue weighted by Gasteiger charge is 2.32. The van der Waals surface area contributed by atoms with Crippen LogP contribution in [0.3, 0.4) is 0 Å². The molecule has 43 heavy (non-hydrogen) atoms. The molecule has 1 unspecified atom stereocenters. The molecule has 0 aliphatic carbocycles. The Morgan fingerprint density at radius 2 is 1.60 bits per heavy atom. The van der Waals surface area contributed by atoms with Crippen LogP contribution in [0.15, 0.2) is 78.9 Å². The highest BCUT2D eigenvalue weighted by atomic mass is 35.5. The monoisotopic (exact) mass is 627 g/mol. The number of anilines is 1. The maximum atomic E-state index is 13.9. The van der Waals surface area contributed by atoms with E-state index in [0.29, 0.717) is 29.5 Å². The number of halogens is 1. The number of hydrogen-bond acceptors (Lipinski definition) is 5. The average molecular weight is 628 g/mol. The molecule has 3 rings (SSSR count). The number of ether oxygens (including phenoxy) is 1. The van der Waals surface area contributed by atoms with Gasteiger partial charge in [0.15, 0.2) is 0 Å². The quantitative estimate of drug-likeness (QED) is 0.242. The second-order valence-corrected chi connectivity index (χ2v) is 13.8. The van der Waals surface area contributed by atoms with E-state index in [4.69, 9.17) is 16.3 Å². The largest absolute Gasteiger partial charge is 0.494 e. The van der Waals surface area contributed by atoms with Gasteiger partial charge in [-0.15, -0.1) is 0 Å². The molecule has 0 saturated heterocycles. The fourth-order valence-corrected chi connectivity index (χ4v) is 5.90. The molecule has 10 heteroatoms. The van der Waals surface area contributed by atoms with Gasteiger partial charge >= 0.3 is 0 Å². The Bertz CT molecular complexity index is 1460. The van der Waals surface area contributed by atoms with Crippen molar-refractivity contribution in [2.24, 2.45) is 0 Å². The van der Waals surface area contributed by atoms with E-state index in [1.807, 2.05) is 70.2 Å². The number of sulfonamides is 1. The number of nitrogens with one attached hydrogen (secondary N) is 1. The standard InChI is InChI=1S/C33H42ClN3O5S/c1-6-42-29-19-17-28(18-20-29)37(43(5,40)41)21-11-16-31(38)36(24-26-14-10-15-27(34)22-26)30(32(39)35-33(2,3)4)23-25-12-8-7-9-13-25/h7-10,12-15,17-20,22,30H,6,11,16,21,23-24H2,1-5H3,(H,35,39). The summed E-state index contributed by atoms with van der Waals surface area (Å²) in [6.07, 6.45) is 1.75. The van der Waals surface area contributed by atoms with Crippen molar-refractivity contribution in [1.29, 1.82) is 0 Å². The van der Waals surface area contributed by atoms with E-state index in [-0.39, 0.29) is 37.7 Å². The molecule has 0 aliphatic rings. The van der Waals surface area contributed by atoms with Gasteiger partial charge < -0.3 is 15.0 Å². The van der Waals surface area contributed by atoms with Crippen molar-refractivity contribution < 1.29 is 22.7 Å². The van der Waals surface area contributed by atoms with E-state index >= 15 is 0 Å². The third-order valence-electron chi connectivity index (χ3n) is 6.60. The SMILES string of the molecule is CCOc1ccc(N(CCCC(=O)N(Cc2cccc(Cl)c2)C(Cc2ccccc2)C(=O)NC(C)(C)C)S(C)(=O)=O)cc1. The second kappa shape index (κ2) is 15.3. The zero-order chi connectivity index (χ0) is 31.6. The van der Waals surface area contributed by atoms with Gasteiger partial charge in [-0.2, -0.15) is 0 Å². The van der Waals surface area contributed by atoms with E-state index in [0.717, 1.165) is 17.4 Å². The normalized spacial score (nSPS) is 12.3. The van der Waals surface area contributed by atoms with Crippen LogP contribution in [0.4, 0.5) is 5.69 Å². The first kappa shape index (κ1) is 33.9. The van der Waals surface area contributed by atoms with Crippen molar-refractivity contribution in [3.05, 3.63) is 95.0 Å². The molecule has 1 N–H and O–H groups in total. The molecule has 0 radical (unpaired) electrons. The Kier molecular flexibility index (Phi) is 12.0. The van der Waals surface area contributed by atoms with E-state index in [1.165, 1.54) is 4.31 Å². The lowest BCUT2D eigenvalue weighted by Crippen LogP contribution is -2.54. The molecule has 1 atom stereocenters. The summed E-state index contributed by atoms with van der Waals surface area (Å²) in [7, 11) is -3.62. The molecular weight excluding hydrogens is 586 g/mol. The molecule has 8 nitrogen and oxygen atoms in total. The average Bonchev–Trinajstić information content (AvgIpc) is 2.92. The number of benzene rings is 3. The van der Waals surface area contributed by atoms with Crippen molar-refractivity contribution in [3.63, 3.8) is 0 Å². The van der Waals surface area contributed by atoms with Gasteiger partial charge in [-0.25, -0.2) is 8.42 Å². The second-order valence-electron chi connectivity index (χ2n) is 11.5. The molecule has 0 saturated carbocycles. The first-order valence-electron chi connectivity index (χ1n) is 14.4. The lowest BCUT2D eigenvalue weighted by atomic mass is 10.00. The maximum absolute atomic E-state index is 13.9. The molecule has 2 amide bonds. The highest BCUT2D eigenvalue weighted by Crippen LogP contribution is 2.23. The Balaban J connectivity index is 1.88. The van der Waals surface area contributed by atoms with Crippen molar-refractivity contribution in [3.8, 4) is 5.75 Å². The lowest BCUT2D eigenvalue weighted by Gasteiger charge is -2.34. The van der Waals surface area contributed by atoms with Crippen LogP contribution >= 0.6 is 11.6 Å². The van der Waals surface area contributed by atoms with Crippen LogP contribution in [0.25, 0.3) is 0 Å². The van der Waals surface area contributed by atoms with Gasteiger partial charge in [0.1, 0.15) is 11.8 Å². The van der Waals surface area contributed by atoms with Crippen molar-refractivity contribution >= 4 is 39.1 Å². The third-order valence-corrected chi connectivity index (χ3v) is 8.03. The van der Waals surface area contributed by atoms with Gasteiger partial charge in [0.05, 0.1) is 18.6 Å². The molecule has 0 fully saturated rings. The van der Waals surface area contributed by atoms with E-state index in [9.17, 15) is 18.0 Å². The molecule has 0 aromatic heterocycles. The highest BCUT2D eigenvalue weighted by molar-refractivity contribution is 7.92. The Labute approximate surface area is 261 Å². The fraction of sp³-hybridized carbons (Fsp3) is 0.394. The summed E-state index contributed by atoms with van der Waals surface area (Å²) >= 11 is 6.26. The van der Waals surface area contributed by atoms with Gasteiger partial charge in [0.2, 0.25) is 21.8 Å². The minimum absolute atomic E-state index is 0.0394. The summed E-state index contributed by atoms with van der Waals surface area (Å²) in [5.41, 5.74) is 1.68. The zero-order valence-corrected chi connectivity index (χ0v) is 27.1. The molecule has 0 spiro atoms. The van der Waals surface area contributed by atoms with E-state index in [2.05, 4.69) is 5.32 Å². The van der Waals surface area contributed by atoms with E-state index < -0.39 is 21.6 Å². The van der Waals surface area contributed by atoms with Crippen LogP contribution < -0.4 is 14.4 Å². The van der Waals surface area contributed by atoms with Crippen LogP contribution in [0.1, 0.15) is 51.7 Å². The van der Waals surface area contributed by atoms with Crippen LogP contribution in [-0.2, 0) is 32.6 Å². The van der Waals surface area contributed by atoms with Crippen LogP contribution in [-0.4, -0.2) is 56.1 Å². The van der Waals surface area contributed by atoms with Gasteiger partial charge in [-0.3, -0.25) is 13.9 Å². The molecule has 232 valence electrons. The Hall–Kier alpha value is -3.56. The fourth-order valence-electron chi connectivity index (χ4n) is 4.72. The maximum Gasteiger partial charge on any atom is 0.243 e.